The number of methoxy groups -OCH3 is 2. The van der Waals surface area contributed by atoms with Crippen LogP contribution in [0.2, 0.25) is 0 Å². The third-order valence-corrected chi connectivity index (χ3v) is 2.62. The summed E-state index contributed by atoms with van der Waals surface area (Å²) in [6, 6.07) is 4.66. The number of hydrogen-bond donors (Lipinski definition) is 2. The van der Waals surface area contributed by atoms with Crippen LogP contribution in [-0.4, -0.2) is 36.4 Å². The van der Waals surface area contributed by atoms with Crippen molar-refractivity contribution >= 4 is 11.9 Å². The Labute approximate surface area is 110 Å². The summed E-state index contributed by atoms with van der Waals surface area (Å²) >= 11 is 0. The van der Waals surface area contributed by atoms with Crippen LogP contribution < -0.4 is 4.74 Å². The van der Waals surface area contributed by atoms with Crippen molar-refractivity contribution < 1.29 is 29.3 Å². The van der Waals surface area contributed by atoms with Gasteiger partial charge in [0.25, 0.3) is 0 Å². The molecule has 0 spiro atoms. The third kappa shape index (κ3) is 4.26. The lowest BCUT2D eigenvalue weighted by Crippen LogP contribution is -2.11. The highest BCUT2D eigenvalue weighted by Gasteiger charge is 2.17. The SMILES string of the molecule is COC(=O)CCc1cc(OC)cc(C(O)C(=O)O)c1. The molecule has 1 aromatic rings. The molecule has 0 amide bonds. The van der Waals surface area contributed by atoms with E-state index in [0.717, 1.165) is 0 Å². The Kier molecular flexibility index (Phi) is 5.32. The zero-order chi connectivity index (χ0) is 14.4. The highest BCUT2D eigenvalue weighted by molar-refractivity contribution is 5.74. The third-order valence-electron chi connectivity index (χ3n) is 2.62. The monoisotopic (exact) mass is 268 g/mol. The molecule has 0 aromatic heterocycles. The van der Waals surface area contributed by atoms with E-state index in [1.807, 2.05) is 0 Å². The van der Waals surface area contributed by atoms with E-state index in [-0.39, 0.29) is 18.0 Å². The van der Waals surface area contributed by atoms with Crippen LogP contribution in [0.1, 0.15) is 23.7 Å². The summed E-state index contributed by atoms with van der Waals surface area (Å²) in [5.41, 5.74) is 0.909. The molecule has 0 aliphatic rings. The van der Waals surface area contributed by atoms with Crippen molar-refractivity contribution in [2.24, 2.45) is 0 Å². The zero-order valence-electron chi connectivity index (χ0n) is 10.8. The summed E-state index contributed by atoms with van der Waals surface area (Å²) in [7, 11) is 2.74. The largest absolute Gasteiger partial charge is 0.497 e. The molecule has 0 radical (unpaired) electrons. The number of esters is 1. The number of carbonyl (C=O) groups is 2. The summed E-state index contributed by atoms with van der Waals surface area (Å²) in [4.78, 5) is 21.8. The highest BCUT2D eigenvalue weighted by Crippen LogP contribution is 2.23. The normalized spacial score (nSPS) is 11.7. The second-order valence-corrected chi connectivity index (χ2v) is 3.93. The summed E-state index contributed by atoms with van der Waals surface area (Å²) < 4.78 is 9.57. The van der Waals surface area contributed by atoms with E-state index < -0.39 is 12.1 Å². The average molecular weight is 268 g/mol. The van der Waals surface area contributed by atoms with Crippen molar-refractivity contribution in [3.05, 3.63) is 29.3 Å². The van der Waals surface area contributed by atoms with E-state index in [1.54, 1.807) is 6.07 Å². The minimum Gasteiger partial charge on any atom is -0.497 e. The van der Waals surface area contributed by atoms with Gasteiger partial charge >= 0.3 is 11.9 Å². The second-order valence-electron chi connectivity index (χ2n) is 3.93. The number of hydrogen-bond acceptors (Lipinski definition) is 5. The predicted octanol–water partition coefficient (Wildman–Crippen LogP) is 0.919. The van der Waals surface area contributed by atoms with E-state index in [9.17, 15) is 14.7 Å². The first-order chi connectivity index (χ1) is 8.97. The van der Waals surface area contributed by atoms with Gasteiger partial charge < -0.3 is 19.7 Å². The zero-order valence-corrected chi connectivity index (χ0v) is 10.8. The minimum atomic E-state index is -1.62. The number of aliphatic hydroxyl groups excluding tert-OH is 1. The van der Waals surface area contributed by atoms with E-state index in [1.165, 1.54) is 26.4 Å². The topological polar surface area (TPSA) is 93.1 Å². The molecule has 1 rings (SSSR count). The van der Waals surface area contributed by atoms with Crippen molar-refractivity contribution in [1.29, 1.82) is 0 Å². The van der Waals surface area contributed by atoms with Gasteiger partial charge in [0.1, 0.15) is 5.75 Å². The molecule has 1 unspecified atom stereocenters. The van der Waals surface area contributed by atoms with Gasteiger partial charge in [0.15, 0.2) is 6.10 Å². The lowest BCUT2D eigenvalue weighted by atomic mass is 10.0. The molecule has 1 atom stereocenters. The van der Waals surface area contributed by atoms with Crippen LogP contribution in [0.5, 0.6) is 5.75 Å². The van der Waals surface area contributed by atoms with Gasteiger partial charge in [-0.3, -0.25) is 4.79 Å². The number of rotatable bonds is 6. The maximum Gasteiger partial charge on any atom is 0.337 e. The van der Waals surface area contributed by atoms with Crippen LogP contribution in [-0.2, 0) is 20.7 Å². The van der Waals surface area contributed by atoms with Gasteiger partial charge in [0.2, 0.25) is 0 Å². The fourth-order valence-corrected chi connectivity index (χ4v) is 1.60. The molecular weight excluding hydrogens is 252 g/mol. The van der Waals surface area contributed by atoms with E-state index in [2.05, 4.69) is 4.74 Å². The van der Waals surface area contributed by atoms with Crippen molar-refractivity contribution in [1.82, 2.24) is 0 Å². The van der Waals surface area contributed by atoms with Crippen molar-refractivity contribution in [3.63, 3.8) is 0 Å². The quantitative estimate of drug-likeness (QED) is 0.745. The predicted molar refractivity (Wildman–Crippen MR) is 65.9 cm³/mol. The first-order valence-corrected chi connectivity index (χ1v) is 5.63. The van der Waals surface area contributed by atoms with Gasteiger partial charge in [-0.2, -0.15) is 0 Å². The summed E-state index contributed by atoms with van der Waals surface area (Å²) in [5, 5.41) is 18.3. The number of aliphatic carboxylic acids is 1. The van der Waals surface area contributed by atoms with Gasteiger partial charge in [-0.25, -0.2) is 4.79 Å². The molecule has 1 aromatic carbocycles. The van der Waals surface area contributed by atoms with Gasteiger partial charge in [0.05, 0.1) is 14.2 Å². The molecule has 6 nitrogen and oxygen atoms in total. The summed E-state index contributed by atoms with van der Waals surface area (Å²) in [6.45, 7) is 0. The van der Waals surface area contributed by atoms with Crippen molar-refractivity contribution in [2.45, 2.75) is 18.9 Å². The van der Waals surface area contributed by atoms with Gasteiger partial charge in [-0.05, 0) is 29.7 Å². The Morgan fingerprint density at radius 3 is 2.47 bits per heavy atom. The number of ether oxygens (including phenoxy) is 2. The number of carboxylic acid groups (broad SMARTS) is 1. The van der Waals surface area contributed by atoms with E-state index in [0.29, 0.717) is 17.7 Å². The Bertz CT molecular complexity index is 468. The molecule has 0 saturated carbocycles. The summed E-state index contributed by atoms with van der Waals surface area (Å²) in [5.74, 6) is -1.27. The fourth-order valence-electron chi connectivity index (χ4n) is 1.60. The lowest BCUT2D eigenvalue weighted by Gasteiger charge is -2.11. The first-order valence-electron chi connectivity index (χ1n) is 5.63. The Hall–Kier alpha value is -2.08. The average Bonchev–Trinajstić information content (AvgIpc) is 2.43. The van der Waals surface area contributed by atoms with Crippen LogP contribution in [0.3, 0.4) is 0 Å². The number of carbonyl (C=O) groups excluding carboxylic acids is 1. The Morgan fingerprint density at radius 2 is 1.95 bits per heavy atom. The molecular formula is C13H16O6. The standard InChI is InChI=1S/C13H16O6/c1-18-10-6-8(3-4-11(14)19-2)5-9(7-10)12(15)13(16)17/h5-7,12,15H,3-4H2,1-2H3,(H,16,17). The molecule has 6 heteroatoms. The number of carboxylic acids is 1. The molecule has 0 fully saturated rings. The summed E-state index contributed by atoms with van der Waals surface area (Å²) in [6.07, 6.45) is -1.07. The maximum atomic E-state index is 11.1. The van der Waals surface area contributed by atoms with Gasteiger partial charge in [0, 0.05) is 6.42 Å². The van der Waals surface area contributed by atoms with Crippen molar-refractivity contribution in [3.8, 4) is 5.75 Å². The first kappa shape index (κ1) is 15.0. The minimum absolute atomic E-state index is 0.173. The molecule has 104 valence electrons. The van der Waals surface area contributed by atoms with Crippen LogP contribution in [0, 0.1) is 0 Å². The van der Waals surface area contributed by atoms with Crippen LogP contribution in [0.4, 0.5) is 0 Å². The van der Waals surface area contributed by atoms with Gasteiger partial charge in [-0.1, -0.05) is 6.07 Å². The molecule has 0 saturated heterocycles. The van der Waals surface area contributed by atoms with Crippen LogP contribution in [0.25, 0.3) is 0 Å². The second kappa shape index (κ2) is 6.75. The highest BCUT2D eigenvalue weighted by atomic mass is 16.5. The lowest BCUT2D eigenvalue weighted by molar-refractivity contribution is -0.147. The van der Waals surface area contributed by atoms with Crippen LogP contribution in [0.15, 0.2) is 18.2 Å². The maximum absolute atomic E-state index is 11.1. The van der Waals surface area contributed by atoms with Gasteiger partial charge in [-0.15, -0.1) is 0 Å². The molecule has 19 heavy (non-hydrogen) atoms. The number of aliphatic hydroxyl groups is 1. The Balaban J connectivity index is 2.95. The van der Waals surface area contributed by atoms with E-state index in [4.69, 9.17) is 9.84 Å². The molecule has 0 heterocycles. The molecule has 0 aliphatic carbocycles. The smallest absolute Gasteiger partial charge is 0.337 e. The molecule has 0 bridgehead atoms. The molecule has 2 N–H and O–H groups in total. The number of benzene rings is 1. The number of aryl methyl sites for hydroxylation is 1. The van der Waals surface area contributed by atoms with Crippen LogP contribution >= 0.6 is 0 Å². The van der Waals surface area contributed by atoms with Crippen molar-refractivity contribution in [2.75, 3.05) is 14.2 Å². The van der Waals surface area contributed by atoms with E-state index >= 15 is 0 Å². The molecule has 0 aliphatic heterocycles. The fraction of sp³-hybridized carbons (Fsp3) is 0.385. The Morgan fingerprint density at radius 1 is 1.26 bits per heavy atom.